The number of fused-ring (bicyclic) bond motifs is 2. The fourth-order valence-corrected chi connectivity index (χ4v) is 7.88. The van der Waals surface area contributed by atoms with E-state index in [4.69, 9.17) is 4.74 Å². The van der Waals surface area contributed by atoms with Crippen molar-refractivity contribution in [2.75, 3.05) is 24.5 Å². The van der Waals surface area contributed by atoms with Crippen molar-refractivity contribution in [2.45, 2.75) is 111 Å². The summed E-state index contributed by atoms with van der Waals surface area (Å²) < 4.78 is 7.81. The van der Waals surface area contributed by atoms with Gasteiger partial charge in [0.25, 0.3) is 0 Å². The van der Waals surface area contributed by atoms with E-state index in [9.17, 15) is 9.59 Å². The molecule has 2 N–H and O–H groups in total. The lowest BCUT2D eigenvalue weighted by molar-refractivity contribution is -0.437. The maximum Gasteiger partial charge on any atom is 0.407 e. The van der Waals surface area contributed by atoms with E-state index >= 15 is 0 Å². The third-order valence-electron chi connectivity index (χ3n) is 10.4. The van der Waals surface area contributed by atoms with Gasteiger partial charge in [-0.3, -0.25) is 4.79 Å². The predicted octanol–water partition coefficient (Wildman–Crippen LogP) is 9.88. The lowest BCUT2D eigenvalue weighted by atomic mass is 9.81. The summed E-state index contributed by atoms with van der Waals surface area (Å²) in [7, 11) is 0. The third kappa shape index (κ3) is 9.79. The molecule has 3 aromatic carbocycles. The van der Waals surface area contributed by atoms with Crippen molar-refractivity contribution in [3.63, 3.8) is 0 Å². The zero-order valence-electron chi connectivity index (χ0n) is 34.0. The maximum atomic E-state index is 12.7. The van der Waals surface area contributed by atoms with Crippen molar-refractivity contribution in [2.24, 2.45) is 0 Å². The number of anilines is 1. The zero-order valence-corrected chi connectivity index (χ0v) is 34.0. The molecule has 2 amide bonds. The summed E-state index contributed by atoms with van der Waals surface area (Å²) in [5.41, 5.74) is 10.3. The van der Waals surface area contributed by atoms with Crippen molar-refractivity contribution >= 4 is 29.1 Å². The minimum atomic E-state index is -0.520. The van der Waals surface area contributed by atoms with Crippen LogP contribution < -0.4 is 15.5 Å². The van der Waals surface area contributed by atoms with Crippen molar-refractivity contribution < 1.29 is 18.9 Å². The first-order chi connectivity index (χ1) is 25.6. The van der Waals surface area contributed by atoms with Gasteiger partial charge in [-0.1, -0.05) is 97.8 Å². The van der Waals surface area contributed by atoms with Crippen LogP contribution >= 0.6 is 0 Å². The highest BCUT2D eigenvalue weighted by Crippen LogP contribution is 2.47. The van der Waals surface area contributed by atoms with Crippen LogP contribution in [0, 0.1) is 13.8 Å². The van der Waals surface area contributed by atoms with Gasteiger partial charge in [-0.15, -0.1) is 0 Å². The molecule has 0 aromatic heterocycles. The van der Waals surface area contributed by atoms with E-state index in [1.165, 1.54) is 45.0 Å². The highest BCUT2D eigenvalue weighted by atomic mass is 16.6. The minimum absolute atomic E-state index is 0.101. The first-order valence-electron chi connectivity index (χ1n) is 19.6. The molecule has 7 heteroatoms. The number of para-hydroxylation sites is 2. The first kappa shape index (κ1) is 40.3. The summed E-state index contributed by atoms with van der Waals surface area (Å²) in [4.78, 5) is 27.4. The standard InChI is InChI=1S/C47H60N4O3/c1-34-30-35(2)32-36(31-34)33-49-43(52)26-17-18-28-50-39-22-15-13-20-37(39)46(6,7)41(50)24-11-10-12-25-42-47(8,9)38-21-14-16-23-40(38)51(42)29-19-27-48-44(53)54-45(3,4)5/h10-16,20-25,30-32H,17-19,26-29,33H2,1-9H3,(H-,48,49,52,53)/p+1. The highest BCUT2D eigenvalue weighted by Gasteiger charge is 2.44. The van der Waals surface area contributed by atoms with E-state index in [0.29, 0.717) is 19.5 Å². The molecule has 0 atom stereocenters. The van der Waals surface area contributed by atoms with Crippen molar-refractivity contribution in [1.82, 2.24) is 10.6 Å². The summed E-state index contributed by atoms with van der Waals surface area (Å²) >= 11 is 0. The van der Waals surface area contributed by atoms with E-state index in [1.807, 2.05) is 20.8 Å². The molecule has 0 fully saturated rings. The molecule has 0 saturated heterocycles. The molecule has 5 rings (SSSR count). The predicted molar refractivity (Wildman–Crippen MR) is 223 cm³/mol. The number of aryl methyl sites for hydroxylation is 2. The number of carbonyl (C=O) groups is 2. The Morgan fingerprint density at radius 2 is 1.50 bits per heavy atom. The molecule has 0 saturated carbocycles. The van der Waals surface area contributed by atoms with Gasteiger partial charge in [0.15, 0.2) is 12.3 Å². The van der Waals surface area contributed by atoms with Crippen LogP contribution in [0.15, 0.2) is 103 Å². The quantitative estimate of drug-likeness (QED) is 0.0985. The van der Waals surface area contributed by atoms with Gasteiger partial charge in [-0.25, -0.2) is 4.79 Å². The Hall–Kier alpha value is -4.91. The second-order valence-electron chi connectivity index (χ2n) is 16.8. The van der Waals surface area contributed by atoms with Gasteiger partial charge in [0.1, 0.15) is 5.60 Å². The molecular formula is C47H61N4O3+. The van der Waals surface area contributed by atoms with Crippen LogP contribution in [0.2, 0.25) is 0 Å². The molecule has 2 aliphatic rings. The molecule has 7 nitrogen and oxygen atoms in total. The monoisotopic (exact) mass is 729 g/mol. The van der Waals surface area contributed by atoms with Crippen LogP contribution in [0.4, 0.5) is 16.2 Å². The molecule has 0 bridgehead atoms. The second-order valence-corrected chi connectivity index (χ2v) is 16.8. The number of unbranched alkanes of at least 4 members (excludes halogenated alkanes) is 1. The normalized spacial score (nSPS) is 16.7. The van der Waals surface area contributed by atoms with E-state index < -0.39 is 5.60 Å². The summed E-state index contributed by atoms with van der Waals surface area (Å²) in [6.07, 6.45) is 13.6. The van der Waals surface area contributed by atoms with Gasteiger partial charge in [-0.2, -0.15) is 4.58 Å². The van der Waals surface area contributed by atoms with Crippen LogP contribution in [0.5, 0.6) is 0 Å². The Labute approximate surface area is 323 Å². The average Bonchev–Trinajstić information content (AvgIpc) is 3.44. The number of rotatable bonds is 14. The number of hydrogen-bond acceptors (Lipinski definition) is 4. The van der Waals surface area contributed by atoms with Crippen LogP contribution in [0.3, 0.4) is 0 Å². The Bertz CT molecular complexity index is 1940. The number of ether oxygens (including phenoxy) is 1. The summed E-state index contributed by atoms with van der Waals surface area (Å²) in [6, 6.07) is 23.7. The Balaban J connectivity index is 1.25. The summed E-state index contributed by atoms with van der Waals surface area (Å²) in [6.45, 7) is 21.7. The van der Waals surface area contributed by atoms with Crippen LogP contribution in [-0.2, 0) is 26.9 Å². The zero-order chi connectivity index (χ0) is 39.1. The second kappa shape index (κ2) is 17.0. The highest BCUT2D eigenvalue weighted by molar-refractivity contribution is 6.03. The molecule has 0 radical (unpaired) electrons. The molecule has 3 aromatic rings. The van der Waals surface area contributed by atoms with Gasteiger partial charge >= 0.3 is 6.09 Å². The maximum absolute atomic E-state index is 12.7. The molecule has 0 unspecified atom stereocenters. The van der Waals surface area contributed by atoms with Gasteiger partial charge in [0.05, 0.1) is 5.41 Å². The lowest BCUT2D eigenvalue weighted by Gasteiger charge is -2.27. The van der Waals surface area contributed by atoms with Crippen molar-refractivity contribution in [1.29, 1.82) is 0 Å². The van der Waals surface area contributed by atoms with Gasteiger partial charge in [0, 0.05) is 67.0 Å². The minimum Gasteiger partial charge on any atom is -0.444 e. The SMILES string of the molecule is Cc1cc(C)cc(CNC(=O)CCCCN2C(=CC=CC=CC3=[N+](CCCNC(=O)OC(C)(C)C)c4ccccc4C3(C)C)C(C)(C)c3ccccc32)c1. The fourth-order valence-electron chi connectivity index (χ4n) is 7.88. The molecule has 286 valence electrons. The number of nitrogens with one attached hydrogen (secondary N) is 2. The van der Waals surface area contributed by atoms with E-state index in [-0.39, 0.29) is 22.8 Å². The van der Waals surface area contributed by atoms with Gasteiger partial charge in [-0.05, 0) is 84.6 Å². The summed E-state index contributed by atoms with van der Waals surface area (Å²) in [5.74, 6) is 0.101. The molecule has 0 spiro atoms. The molecule has 0 aliphatic carbocycles. The molecule has 2 aliphatic heterocycles. The van der Waals surface area contributed by atoms with E-state index in [0.717, 1.165) is 37.9 Å². The van der Waals surface area contributed by atoms with Crippen LogP contribution in [-0.4, -0.2) is 47.5 Å². The number of hydrogen-bond donors (Lipinski definition) is 2. The number of amides is 2. The molecule has 2 heterocycles. The third-order valence-corrected chi connectivity index (χ3v) is 10.4. The number of alkyl carbamates (subject to hydrolysis) is 1. The number of allylic oxidation sites excluding steroid dienone is 6. The topological polar surface area (TPSA) is 73.7 Å². The number of benzene rings is 3. The van der Waals surface area contributed by atoms with Gasteiger partial charge in [0.2, 0.25) is 11.6 Å². The van der Waals surface area contributed by atoms with E-state index in [1.54, 1.807) is 0 Å². The van der Waals surface area contributed by atoms with Crippen molar-refractivity contribution in [3.05, 3.63) is 131 Å². The molecule has 54 heavy (non-hydrogen) atoms. The summed E-state index contributed by atoms with van der Waals surface area (Å²) in [5, 5.41) is 6.02. The van der Waals surface area contributed by atoms with E-state index in [2.05, 4.69) is 159 Å². The molecular weight excluding hydrogens is 669 g/mol. The van der Waals surface area contributed by atoms with Gasteiger partial charge < -0.3 is 20.3 Å². The Morgan fingerprint density at radius 1 is 0.815 bits per heavy atom. The van der Waals surface area contributed by atoms with Crippen molar-refractivity contribution in [3.8, 4) is 0 Å². The smallest absolute Gasteiger partial charge is 0.407 e. The number of carbonyl (C=O) groups excluding carboxylic acids is 2. The largest absolute Gasteiger partial charge is 0.444 e. The van der Waals surface area contributed by atoms with Crippen LogP contribution in [0.25, 0.3) is 0 Å². The average molecular weight is 730 g/mol. The lowest BCUT2D eigenvalue weighted by Crippen LogP contribution is -2.34. The van der Waals surface area contributed by atoms with Crippen LogP contribution in [0.1, 0.15) is 102 Å². The number of nitrogens with zero attached hydrogens (tertiary/aromatic N) is 2. The fraction of sp³-hybridized carbons (Fsp3) is 0.426. The Morgan fingerprint density at radius 3 is 2.22 bits per heavy atom. The Kier molecular flexibility index (Phi) is 12.7. The first-order valence-corrected chi connectivity index (χ1v) is 19.6.